The van der Waals surface area contributed by atoms with Gasteiger partial charge in [-0.1, -0.05) is 23.8 Å². The van der Waals surface area contributed by atoms with E-state index in [2.05, 4.69) is 36.2 Å². The molecule has 2 aliphatic rings. The van der Waals surface area contributed by atoms with Crippen LogP contribution in [-0.2, 0) is 6.54 Å². The van der Waals surface area contributed by atoms with Crippen molar-refractivity contribution in [2.75, 3.05) is 18.4 Å². The summed E-state index contributed by atoms with van der Waals surface area (Å²) in [6.07, 6.45) is 12.1. The third kappa shape index (κ3) is 6.03. The van der Waals surface area contributed by atoms with E-state index in [1.165, 1.54) is 30.6 Å². The lowest BCUT2D eigenvalue weighted by atomic mass is 9.98. The third-order valence-corrected chi connectivity index (χ3v) is 7.13. The Kier molecular flexibility index (Phi) is 7.06. The molecule has 33 heavy (non-hydrogen) atoms. The van der Waals surface area contributed by atoms with E-state index in [-0.39, 0.29) is 6.10 Å². The van der Waals surface area contributed by atoms with Crippen LogP contribution in [0.5, 0.6) is 6.01 Å². The standard InChI is InChI=1S/C24H29FN6OS/c25-18-9-12-31(13-10-18)16-17-6-7-22(27-14-17)30-24-28-15-21(33-24)20-8-11-26-23(29-20)32-19-4-2-1-3-5-19/h6-8,11,14-15,18-19H,1-5,9-10,12-13,16H2,(H,27,28,30). The lowest BCUT2D eigenvalue weighted by Gasteiger charge is -2.28. The second-order valence-electron chi connectivity index (χ2n) is 8.76. The van der Waals surface area contributed by atoms with Crippen molar-refractivity contribution in [1.29, 1.82) is 0 Å². The summed E-state index contributed by atoms with van der Waals surface area (Å²) in [6.45, 7) is 2.42. The smallest absolute Gasteiger partial charge is 0.317 e. The summed E-state index contributed by atoms with van der Waals surface area (Å²) in [5.74, 6) is 0.742. The van der Waals surface area contributed by atoms with Gasteiger partial charge in [0.15, 0.2) is 5.13 Å². The molecule has 0 bridgehead atoms. The van der Waals surface area contributed by atoms with Crippen LogP contribution in [0.25, 0.3) is 10.6 Å². The van der Waals surface area contributed by atoms with Crippen molar-refractivity contribution < 1.29 is 9.13 Å². The minimum absolute atomic E-state index is 0.220. The molecule has 4 heterocycles. The SMILES string of the molecule is FC1CCN(Cc2ccc(Nc3ncc(-c4ccnc(OC5CCCCC5)n4)s3)nc2)CC1. The van der Waals surface area contributed by atoms with Gasteiger partial charge in [-0.2, -0.15) is 4.98 Å². The van der Waals surface area contributed by atoms with Crippen molar-refractivity contribution in [2.24, 2.45) is 0 Å². The molecular weight excluding hydrogens is 439 g/mol. The zero-order valence-corrected chi connectivity index (χ0v) is 19.4. The molecule has 1 aliphatic carbocycles. The molecule has 7 nitrogen and oxygen atoms in total. The molecule has 0 unspecified atom stereocenters. The molecule has 1 aliphatic heterocycles. The second-order valence-corrected chi connectivity index (χ2v) is 9.79. The van der Waals surface area contributed by atoms with Crippen molar-refractivity contribution >= 4 is 22.3 Å². The van der Waals surface area contributed by atoms with Crippen LogP contribution in [0.4, 0.5) is 15.3 Å². The number of thiazole rings is 1. The summed E-state index contributed by atoms with van der Waals surface area (Å²) in [5, 5.41) is 4.02. The Morgan fingerprint density at radius 1 is 1.00 bits per heavy atom. The highest BCUT2D eigenvalue weighted by molar-refractivity contribution is 7.18. The molecule has 5 rings (SSSR count). The Morgan fingerprint density at radius 3 is 2.64 bits per heavy atom. The average Bonchev–Trinajstić information content (AvgIpc) is 3.31. The van der Waals surface area contributed by atoms with Gasteiger partial charge in [0.1, 0.15) is 18.1 Å². The van der Waals surface area contributed by atoms with Crippen LogP contribution in [-0.4, -0.2) is 50.2 Å². The molecular formula is C24H29FN6OS. The Labute approximate surface area is 197 Å². The van der Waals surface area contributed by atoms with Crippen molar-refractivity contribution in [3.63, 3.8) is 0 Å². The quantitative estimate of drug-likeness (QED) is 0.499. The zero-order chi connectivity index (χ0) is 22.5. The van der Waals surface area contributed by atoms with Crippen molar-refractivity contribution in [3.8, 4) is 16.6 Å². The molecule has 0 amide bonds. The van der Waals surface area contributed by atoms with Gasteiger partial charge in [-0.25, -0.2) is 19.3 Å². The highest BCUT2D eigenvalue weighted by Gasteiger charge is 2.19. The van der Waals surface area contributed by atoms with Gasteiger partial charge in [0.05, 0.1) is 10.6 Å². The van der Waals surface area contributed by atoms with Crippen LogP contribution in [0.15, 0.2) is 36.8 Å². The molecule has 3 aromatic heterocycles. The zero-order valence-electron chi connectivity index (χ0n) is 18.6. The summed E-state index contributed by atoms with van der Waals surface area (Å²) < 4.78 is 19.3. The lowest BCUT2D eigenvalue weighted by molar-refractivity contribution is 0.142. The second kappa shape index (κ2) is 10.5. The van der Waals surface area contributed by atoms with Gasteiger partial charge in [-0.3, -0.25) is 4.90 Å². The Hall–Kier alpha value is -2.65. The summed E-state index contributed by atoms with van der Waals surface area (Å²) in [5.41, 5.74) is 1.94. The normalized spacial score (nSPS) is 18.3. The average molecular weight is 469 g/mol. The van der Waals surface area contributed by atoms with E-state index in [0.717, 1.165) is 59.6 Å². The number of hydrogen-bond acceptors (Lipinski definition) is 8. The van der Waals surface area contributed by atoms with Crippen molar-refractivity contribution in [1.82, 2.24) is 24.8 Å². The largest absolute Gasteiger partial charge is 0.460 e. The fourth-order valence-electron chi connectivity index (χ4n) is 4.34. The fourth-order valence-corrected chi connectivity index (χ4v) is 5.13. The van der Waals surface area contributed by atoms with Crippen LogP contribution in [0, 0.1) is 0 Å². The first-order valence-corrected chi connectivity index (χ1v) is 12.6. The first-order valence-electron chi connectivity index (χ1n) is 11.8. The van der Waals surface area contributed by atoms with Crippen molar-refractivity contribution in [2.45, 2.75) is 63.8 Å². The molecule has 174 valence electrons. The maximum Gasteiger partial charge on any atom is 0.317 e. The highest BCUT2D eigenvalue weighted by Crippen LogP contribution is 2.30. The van der Waals surface area contributed by atoms with Gasteiger partial charge in [0.2, 0.25) is 0 Å². The Bertz CT molecular complexity index is 1030. The summed E-state index contributed by atoms with van der Waals surface area (Å²) in [6, 6.07) is 6.34. The predicted octanol–water partition coefficient (Wildman–Crippen LogP) is 5.38. The van der Waals surface area contributed by atoms with Crippen LogP contribution in [0.3, 0.4) is 0 Å². The fraction of sp³-hybridized carbons (Fsp3) is 0.500. The van der Waals surface area contributed by atoms with Crippen molar-refractivity contribution in [3.05, 3.63) is 42.4 Å². The van der Waals surface area contributed by atoms with Gasteiger partial charge < -0.3 is 10.1 Å². The Morgan fingerprint density at radius 2 is 1.85 bits per heavy atom. The summed E-state index contributed by atoms with van der Waals surface area (Å²) in [7, 11) is 0. The van der Waals surface area contributed by atoms with Crippen LogP contribution >= 0.6 is 11.3 Å². The molecule has 3 aromatic rings. The van der Waals surface area contributed by atoms with E-state index in [1.807, 2.05) is 24.5 Å². The number of halogens is 1. The van der Waals surface area contributed by atoms with Gasteiger partial charge in [-0.05, 0) is 56.2 Å². The molecule has 0 radical (unpaired) electrons. The lowest BCUT2D eigenvalue weighted by Crippen LogP contribution is -2.33. The first kappa shape index (κ1) is 22.2. The number of nitrogens with zero attached hydrogens (tertiary/aromatic N) is 5. The molecule has 2 fully saturated rings. The highest BCUT2D eigenvalue weighted by atomic mass is 32.1. The van der Waals surface area contributed by atoms with E-state index >= 15 is 0 Å². The number of anilines is 2. The number of nitrogens with one attached hydrogen (secondary N) is 1. The van der Waals surface area contributed by atoms with E-state index in [4.69, 9.17) is 4.74 Å². The molecule has 1 saturated heterocycles. The predicted molar refractivity (Wildman–Crippen MR) is 128 cm³/mol. The number of likely N-dealkylation sites (tertiary alicyclic amines) is 1. The minimum Gasteiger partial charge on any atom is -0.460 e. The van der Waals surface area contributed by atoms with E-state index in [9.17, 15) is 4.39 Å². The minimum atomic E-state index is -0.646. The maximum atomic E-state index is 13.3. The van der Waals surface area contributed by atoms with Crippen LogP contribution < -0.4 is 10.1 Å². The molecule has 0 aromatic carbocycles. The number of hydrogen-bond donors (Lipinski definition) is 1. The number of pyridine rings is 1. The van der Waals surface area contributed by atoms with Gasteiger partial charge in [-0.15, -0.1) is 0 Å². The maximum absolute atomic E-state index is 13.3. The van der Waals surface area contributed by atoms with Gasteiger partial charge in [0, 0.05) is 38.2 Å². The van der Waals surface area contributed by atoms with Gasteiger partial charge in [0.25, 0.3) is 0 Å². The topological polar surface area (TPSA) is 76.1 Å². The van der Waals surface area contributed by atoms with E-state index in [1.54, 1.807) is 6.20 Å². The first-order chi connectivity index (χ1) is 16.2. The molecule has 1 saturated carbocycles. The number of rotatable bonds is 7. The number of piperidine rings is 1. The van der Waals surface area contributed by atoms with E-state index < -0.39 is 6.17 Å². The molecule has 0 atom stereocenters. The Balaban J connectivity index is 1.18. The third-order valence-electron chi connectivity index (χ3n) is 6.20. The number of alkyl halides is 1. The monoisotopic (exact) mass is 468 g/mol. The van der Waals surface area contributed by atoms with Crippen LogP contribution in [0.2, 0.25) is 0 Å². The molecule has 1 N–H and O–H groups in total. The molecule has 0 spiro atoms. The molecule has 9 heteroatoms. The summed E-state index contributed by atoms with van der Waals surface area (Å²) >= 11 is 1.52. The van der Waals surface area contributed by atoms with Crippen LogP contribution in [0.1, 0.15) is 50.5 Å². The van der Waals surface area contributed by atoms with Gasteiger partial charge >= 0.3 is 6.01 Å². The van der Waals surface area contributed by atoms with E-state index in [0.29, 0.717) is 18.9 Å². The number of aromatic nitrogens is 4. The number of ether oxygens (including phenoxy) is 1. The summed E-state index contributed by atoms with van der Waals surface area (Å²) in [4.78, 5) is 21.1.